The van der Waals surface area contributed by atoms with Crippen LogP contribution in [-0.2, 0) is 15.4 Å². The summed E-state index contributed by atoms with van der Waals surface area (Å²) in [6.07, 6.45) is 0. The molecule has 0 aliphatic heterocycles. The molecule has 0 spiro atoms. The van der Waals surface area contributed by atoms with Gasteiger partial charge in [0, 0.05) is 18.1 Å². The highest BCUT2D eigenvalue weighted by atomic mass is 32.2. The number of anilines is 1. The van der Waals surface area contributed by atoms with Crippen molar-refractivity contribution in [3.8, 4) is 0 Å². The van der Waals surface area contributed by atoms with Crippen molar-refractivity contribution in [2.24, 2.45) is 0 Å². The lowest BCUT2D eigenvalue weighted by atomic mass is 9.87. The molecule has 1 heterocycles. The molecule has 0 aliphatic rings. The van der Waals surface area contributed by atoms with Gasteiger partial charge in [-0.05, 0) is 30.0 Å². The number of hydrogen-bond donors (Lipinski definition) is 0. The maximum Gasteiger partial charge on any atom is 0.291 e. The second-order valence-electron chi connectivity index (χ2n) is 6.02. The number of thiazole rings is 1. The first-order chi connectivity index (χ1) is 10.6. The van der Waals surface area contributed by atoms with Crippen LogP contribution in [0.3, 0.4) is 0 Å². The molecule has 0 saturated carbocycles. The molecule has 0 atom stereocenters. The molecule has 2 aromatic rings. The van der Waals surface area contributed by atoms with Gasteiger partial charge in [-0.1, -0.05) is 46.8 Å². The molecule has 2 rings (SSSR count). The molecule has 6 heteroatoms. The van der Waals surface area contributed by atoms with Crippen molar-refractivity contribution in [1.29, 1.82) is 0 Å². The monoisotopic (exact) mass is 354 g/mol. The molecule has 4 nitrogen and oxygen atoms in total. The van der Waals surface area contributed by atoms with Crippen LogP contribution in [0.5, 0.6) is 0 Å². The highest BCUT2D eigenvalue weighted by Crippen LogP contribution is 2.28. The summed E-state index contributed by atoms with van der Waals surface area (Å²) in [6, 6.07) is 7.60. The Labute approximate surface area is 144 Å². The molecule has 0 radical (unpaired) electrons. The second kappa shape index (κ2) is 7.45. The fourth-order valence-electron chi connectivity index (χ4n) is 1.88. The van der Waals surface area contributed by atoms with Gasteiger partial charge in [-0.3, -0.25) is 4.31 Å². The van der Waals surface area contributed by atoms with Gasteiger partial charge >= 0.3 is 0 Å². The van der Waals surface area contributed by atoms with Crippen LogP contribution >= 0.6 is 11.3 Å². The molecule has 0 bridgehead atoms. The number of nitrogens with zero attached hydrogens (tertiary/aromatic N) is 2. The first kappa shape index (κ1) is 19.6. The van der Waals surface area contributed by atoms with E-state index < -0.39 is 10.0 Å². The summed E-state index contributed by atoms with van der Waals surface area (Å²) in [5.74, 6) is 0. The van der Waals surface area contributed by atoms with Gasteiger partial charge in [-0.15, -0.1) is 11.3 Å². The summed E-state index contributed by atoms with van der Waals surface area (Å²) < 4.78 is 26.4. The Hall–Kier alpha value is -1.40. The highest BCUT2D eigenvalue weighted by Gasteiger charge is 2.25. The third-order valence-corrected chi connectivity index (χ3v) is 6.41. The van der Waals surface area contributed by atoms with Gasteiger partial charge in [0.25, 0.3) is 10.0 Å². The van der Waals surface area contributed by atoms with E-state index in [4.69, 9.17) is 0 Å². The van der Waals surface area contributed by atoms with E-state index in [0.29, 0.717) is 5.69 Å². The predicted octanol–water partition coefficient (Wildman–Crippen LogP) is 4.60. The van der Waals surface area contributed by atoms with Gasteiger partial charge in [0.15, 0.2) is 0 Å². The SMILES string of the molecule is CC.Cc1csc(S(=O)(=O)N(C)c2ccc(C(C)(C)C)cc2)n1. The molecule has 0 unspecified atom stereocenters. The Bertz CT molecular complexity index is 727. The van der Waals surface area contributed by atoms with Gasteiger partial charge < -0.3 is 0 Å². The van der Waals surface area contributed by atoms with Crippen LogP contribution in [0.15, 0.2) is 34.0 Å². The molecule has 0 saturated heterocycles. The average Bonchev–Trinajstić information content (AvgIpc) is 2.95. The number of hydrogen-bond acceptors (Lipinski definition) is 4. The van der Waals surface area contributed by atoms with Crippen molar-refractivity contribution in [3.05, 3.63) is 40.9 Å². The van der Waals surface area contributed by atoms with E-state index >= 15 is 0 Å². The summed E-state index contributed by atoms with van der Waals surface area (Å²) in [5, 5.41) is 1.74. The summed E-state index contributed by atoms with van der Waals surface area (Å²) >= 11 is 1.15. The van der Waals surface area contributed by atoms with Gasteiger partial charge in [-0.2, -0.15) is 8.42 Å². The number of sulfonamides is 1. The summed E-state index contributed by atoms with van der Waals surface area (Å²) in [5.41, 5.74) is 2.57. The van der Waals surface area contributed by atoms with Gasteiger partial charge in [0.1, 0.15) is 0 Å². The molecule has 23 heavy (non-hydrogen) atoms. The van der Waals surface area contributed by atoms with Crippen LogP contribution < -0.4 is 4.31 Å². The molecular formula is C17H26N2O2S2. The topological polar surface area (TPSA) is 50.3 Å². The fraction of sp³-hybridized carbons (Fsp3) is 0.471. The average molecular weight is 355 g/mol. The zero-order valence-corrected chi connectivity index (χ0v) is 16.5. The zero-order chi connectivity index (χ0) is 17.8. The molecule has 1 aromatic heterocycles. The van der Waals surface area contributed by atoms with Crippen molar-refractivity contribution in [3.63, 3.8) is 0 Å². The predicted molar refractivity (Wildman–Crippen MR) is 98.9 cm³/mol. The maximum atomic E-state index is 12.5. The lowest BCUT2D eigenvalue weighted by molar-refractivity contribution is 0.590. The Morgan fingerprint density at radius 3 is 2.00 bits per heavy atom. The molecular weight excluding hydrogens is 328 g/mol. The number of aryl methyl sites for hydroxylation is 1. The Morgan fingerprint density at radius 2 is 1.61 bits per heavy atom. The van der Waals surface area contributed by atoms with Gasteiger partial charge in [0.2, 0.25) is 4.34 Å². The zero-order valence-electron chi connectivity index (χ0n) is 14.9. The van der Waals surface area contributed by atoms with Crippen LogP contribution in [0, 0.1) is 6.92 Å². The van der Waals surface area contributed by atoms with Crippen molar-refractivity contribution < 1.29 is 8.42 Å². The largest absolute Gasteiger partial charge is 0.291 e. The second-order valence-corrected chi connectivity index (χ2v) is 9.03. The molecule has 1 aromatic carbocycles. The molecule has 0 amide bonds. The first-order valence-electron chi connectivity index (χ1n) is 7.64. The van der Waals surface area contributed by atoms with Gasteiger partial charge in [-0.25, -0.2) is 4.98 Å². The van der Waals surface area contributed by atoms with E-state index in [-0.39, 0.29) is 9.75 Å². The number of benzene rings is 1. The van der Waals surface area contributed by atoms with E-state index in [1.807, 2.05) is 38.1 Å². The Morgan fingerprint density at radius 1 is 1.09 bits per heavy atom. The lowest BCUT2D eigenvalue weighted by Gasteiger charge is -2.22. The summed E-state index contributed by atoms with van der Waals surface area (Å²) in [4.78, 5) is 4.07. The third kappa shape index (κ3) is 4.54. The van der Waals surface area contributed by atoms with Crippen LogP contribution in [0.1, 0.15) is 45.9 Å². The molecule has 0 aliphatic carbocycles. The van der Waals surface area contributed by atoms with Crippen molar-refractivity contribution in [2.45, 2.75) is 51.3 Å². The molecule has 128 valence electrons. The van der Waals surface area contributed by atoms with Crippen LogP contribution in [0.25, 0.3) is 0 Å². The summed E-state index contributed by atoms with van der Waals surface area (Å²) in [7, 11) is -2.03. The molecule has 0 N–H and O–H groups in total. The normalized spacial score (nSPS) is 11.6. The lowest BCUT2D eigenvalue weighted by Crippen LogP contribution is -2.26. The Balaban J connectivity index is 0.00000127. The standard InChI is InChI=1S/C15H20N2O2S2.C2H6/c1-11-10-20-14(16-11)21(18,19)17(5)13-8-6-12(7-9-13)15(2,3)4;1-2/h6-10H,1-5H3;1-2H3. The van der Waals surface area contributed by atoms with Crippen LogP contribution in [0.2, 0.25) is 0 Å². The minimum atomic E-state index is -3.58. The van der Waals surface area contributed by atoms with Crippen LogP contribution in [-0.4, -0.2) is 20.4 Å². The van der Waals surface area contributed by atoms with Crippen molar-refractivity contribution in [2.75, 3.05) is 11.4 Å². The van der Waals surface area contributed by atoms with E-state index in [1.165, 1.54) is 9.87 Å². The fourth-order valence-corrected chi connectivity index (χ4v) is 4.26. The minimum Gasteiger partial charge on any atom is -0.267 e. The minimum absolute atomic E-state index is 0.0440. The quantitative estimate of drug-likeness (QED) is 0.809. The third-order valence-electron chi connectivity index (χ3n) is 3.28. The maximum absolute atomic E-state index is 12.5. The smallest absolute Gasteiger partial charge is 0.267 e. The van der Waals surface area contributed by atoms with Crippen LogP contribution in [0.4, 0.5) is 5.69 Å². The van der Waals surface area contributed by atoms with Crippen molar-refractivity contribution in [1.82, 2.24) is 4.98 Å². The summed E-state index contributed by atoms with van der Waals surface area (Å²) in [6.45, 7) is 12.2. The first-order valence-corrected chi connectivity index (χ1v) is 9.96. The van der Waals surface area contributed by atoms with Gasteiger partial charge in [0.05, 0.1) is 5.69 Å². The van der Waals surface area contributed by atoms with E-state index in [0.717, 1.165) is 17.0 Å². The number of aromatic nitrogens is 1. The van der Waals surface area contributed by atoms with E-state index in [2.05, 4.69) is 25.8 Å². The Kier molecular flexibility index (Phi) is 6.36. The number of rotatable bonds is 3. The molecule has 0 fully saturated rings. The van der Waals surface area contributed by atoms with E-state index in [1.54, 1.807) is 19.4 Å². The van der Waals surface area contributed by atoms with Crippen molar-refractivity contribution >= 4 is 27.0 Å². The van der Waals surface area contributed by atoms with E-state index in [9.17, 15) is 8.42 Å². The highest BCUT2D eigenvalue weighted by molar-refractivity contribution is 7.94.